The van der Waals surface area contributed by atoms with Crippen molar-refractivity contribution in [3.63, 3.8) is 0 Å². The van der Waals surface area contributed by atoms with Crippen LogP contribution in [0.2, 0.25) is 0 Å². The molecule has 0 radical (unpaired) electrons. The van der Waals surface area contributed by atoms with E-state index in [4.69, 9.17) is 14.2 Å². The Morgan fingerprint density at radius 3 is 0.950 bits per heavy atom. The summed E-state index contributed by atoms with van der Waals surface area (Å²) in [6.45, 7) is 9.70. The van der Waals surface area contributed by atoms with Crippen LogP contribution in [0.3, 0.4) is 0 Å². The van der Waals surface area contributed by atoms with E-state index >= 15 is 0 Å². The van der Waals surface area contributed by atoms with E-state index in [0.717, 1.165) is 65.3 Å². The predicted molar refractivity (Wildman–Crippen MR) is 93.2 cm³/mol. The Labute approximate surface area is 129 Å². The van der Waals surface area contributed by atoms with Crippen molar-refractivity contribution in [2.75, 3.05) is 39.6 Å². The lowest BCUT2D eigenvalue weighted by Gasteiger charge is -2.06. The smallest absolute Gasteiger partial charge is 0.0466 e. The zero-order valence-corrected chi connectivity index (χ0v) is 16.1. The van der Waals surface area contributed by atoms with E-state index in [9.17, 15) is 0 Å². The third-order valence-electron chi connectivity index (χ3n) is 2.94. The lowest BCUT2D eigenvalue weighted by Crippen LogP contribution is -2.02. The lowest BCUT2D eigenvalue weighted by atomic mass is 10.3. The molecule has 0 aromatic heterocycles. The van der Waals surface area contributed by atoms with E-state index in [1.54, 1.807) is 0 Å². The highest BCUT2D eigenvalue weighted by atomic mass is 31.0. The first-order valence-electron chi connectivity index (χ1n) is 8.15. The van der Waals surface area contributed by atoms with Gasteiger partial charge in [-0.1, -0.05) is 26.7 Å². The Kier molecular flexibility index (Phi) is 24.4. The van der Waals surface area contributed by atoms with E-state index in [1.807, 2.05) is 0 Å². The molecule has 0 aromatic rings. The molecule has 0 fully saturated rings. The van der Waals surface area contributed by atoms with Gasteiger partial charge in [0.25, 0.3) is 0 Å². The van der Waals surface area contributed by atoms with Crippen LogP contribution in [0.5, 0.6) is 0 Å². The maximum atomic E-state index is 5.58. The summed E-state index contributed by atoms with van der Waals surface area (Å²) in [5.74, 6) is 0. The number of hydrogen-bond donors (Lipinski definition) is 0. The molecular formula is C16H38O3P+. The summed E-state index contributed by atoms with van der Waals surface area (Å²) in [6.07, 6.45) is 9.23. The number of unbranched alkanes of at least 4 members (excludes halogenated alkanes) is 4. The average Bonchev–Trinajstić information content (AvgIpc) is 2.43. The van der Waals surface area contributed by atoms with Crippen molar-refractivity contribution >= 4 is 9.90 Å². The molecular weight excluding hydrogens is 271 g/mol. The highest BCUT2D eigenvalue weighted by molar-refractivity contribution is 6.92. The summed E-state index contributed by atoms with van der Waals surface area (Å²) >= 11 is 0. The van der Waals surface area contributed by atoms with Crippen molar-refractivity contribution < 1.29 is 14.2 Å². The van der Waals surface area contributed by atoms with E-state index in [-0.39, 0.29) is 9.90 Å². The highest BCUT2D eigenvalue weighted by Gasteiger charge is 1.93. The molecule has 0 aliphatic rings. The quantitative estimate of drug-likeness (QED) is 0.319. The fourth-order valence-corrected chi connectivity index (χ4v) is 1.62. The third-order valence-corrected chi connectivity index (χ3v) is 2.94. The Bertz CT molecular complexity index is 141. The van der Waals surface area contributed by atoms with Crippen molar-refractivity contribution in [2.45, 2.75) is 65.2 Å². The molecule has 0 saturated heterocycles. The third kappa shape index (κ3) is 20.6. The van der Waals surface area contributed by atoms with Crippen molar-refractivity contribution in [3.05, 3.63) is 0 Å². The van der Waals surface area contributed by atoms with Gasteiger partial charge in [-0.05, 0) is 48.4 Å². The van der Waals surface area contributed by atoms with Gasteiger partial charge in [0.15, 0.2) is 0 Å². The van der Waals surface area contributed by atoms with Gasteiger partial charge >= 0.3 is 0 Å². The van der Waals surface area contributed by atoms with Gasteiger partial charge in [0.05, 0.1) is 0 Å². The molecule has 0 rings (SSSR count). The van der Waals surface area contributed by atoms with Crippen molar-refractivity contribution in [2.24, 2.45) is 0 Å². The van der Waals surface area contributed by atoms with E-state index in [0.29, 0.717) is 0 Å². The standard InChI is InChI=1S/C16H34O3.H3P/c1-3-5-11-17-13-7-9-15-19-16-10-8-14-18-12-6-4-2;/h3-16H2,1-2H3;1H3/p+1. The second-order valence-electron chi connectivity index (χ2n) is 4.96. The van der Waals surface area contributed by atoms with Crippen LogP contribution in [-0.4, -0.2) is 39.6 Å². The molecule has 20 heavy (non-hydrogen) atoms. The normalized spacial score (nSPS) is 10.5. The maximum Gasteiger partial charge on any atom is 0.0466 e. The van der Waals surface area contributed by atoms with Crippen molar-refractivity contribution in [3.8, 4) is 0 Å². The summed E-state index contributed by atoms with van der Waals surface area (Å²) in [4.78, 5) is 0. The first kappa shape index (κ1) is 22.6. The molecule has 0 aliphatic carbocycles. The summed E-state index contributed by atoms with van der Waals surface area (Å²) in [5, 5.41) is 0. The van der Waals surface area contributed by atoms with Gasteiger partial charge in [-0.3, -0.25) is 0 Å². The fraction of sp³-hybridized carbons (Fsp3) is 1.00. The zero-order valence-electron chi connectivity index (χ0n) is 14.1. The molecule has 0 bridgehead atoms. The van der Waals surface area contributed by atoms with Crippen LogP contribution in [0.25, 0.3) is 0 Å². The van der Waals surface area contributed by atoms with Gasteiger partial charge < -0.3 is 14.2 Å². The van der Waals surface area contributed by atoms with Crippen LogP contribution in [0.15, 0.2) is 0 Å². The molecule has 124 valence electrons. The molecule has 0 aliphatic heterocycles. The van der Waals surface area contributed by atoms with Gasteiger partial charge in [-0.2, -0.15) is 0 Å². The summed E-state index contributed by atoms with van der Waals surface area (Å²) < 4.78 is 16.6. The minimum Gasteiger partial charge on any atom is -0.381 e. The molecule has 0 aromatic carbocycles. The fourth-order valence-electron chi connectivity index (χ4n) is 1.62. The first-order chi connectivity index (χ1) is 9.41. The van der Waals surface area contributed by atoms with Crippen molar-refractivity contribution in [1.82, 2.24) is 0 Å². The largest absolute Gasteiger partial charge is 0.381 e. The van der Waals surface area contributed by atoms with Crippen LogP contribution in [0.4, 0.5) is 0 Å². The Hall–Kier alpha value is 0.310. The lowest BCUT2D eigenvalue weighted by molar-refractivity contribution is 0.0895. The molecule has 0 saturated carbocycles. The van der Waals surface area contributed by atoms with Gasteiger partial charge in [-0.15, -0.1) is 0 Å². The van der Waals surface area contributed by atoms with Crippen LogP contribution >= 0.6 is 9.90 Å². The number of rotatable bonds is 16. The zero-order chi connectivity index (χ0) is 14.0. The molecule has 4 heteroatoms. The SMILES string of the molecule is CCCCOCCCCOCCCCOCCCC.[PH4+]. The van der Waals surface area contributed by atoms with Gasteiger partial charge in [-0.25, -0.2) is 0 Å². The number of hydrogen-bond acceptors (Lipinski definition) is 3. The Balaban J connectivity index is 0. The van der Waals surface area contributed by atoms with Crippen LogP contribution < -0.4 is 0 Å². The number of ether oxygens (including phenoxy) is 3. The monoisotopic (exact) mass is 309 g/mol. The summed E-state index contributed by atoms with van der Waals surface area (Å²) in [6, 6.07) is 0. The topological polar surface area (TPSA) is 27.7 Å². The molecule has 1 atom stereocenters. The second kappa shape index (κ2) is 21.6. The Morgan fingerprint density at radius 1 is 0.450 bits per heavy atom. The molecule has 0 N–H and O–H groups in total. The highest BCUT2D eigenvalue weighted by Crippen LogP contribution is 1.97. The van der Waals surface area contributed by atoms with E-state index in [1.165, 1.54) is 25.7 Å². The van der Waals surface area contributed by atoms with Gasteiger partial charge in [0.2, 0.25) is 0 Å². The molecule has 3 nitrogen and oxygen atoms in total. The van der Waals surface area contributed by atoms with Gasteiger partial charge in [0, 0.05) is 39.6 Å². The minimum atomic E-state index is 0. The maximum absolute atomic E-state index is 5.58. The Morgan fingerprint density at radius 2 is 0.700 bits per heavy atom. The minimum absolute atomic E-state index is 0. The summed E-state index contributed by atoms with van der Waals surface area (Å²) in [5.41, 5.74) is 0. The van der Waals surface area contributed by atoms with E-state index < -0.39 is 0 Å². The first-order valence-corrected chi connectivity index (χ1v) is 8.15. The predicted octanol–water partition coefficient (Wildman–Crippen LogP) is 3.99. The average molecular weight is 309 g/mol. The van der Waals surface area contributed by atoms with Gasteiger partial charge in [0.1, 0.15) is 0 Å². The molecule has 0 heterocycles. The molecule has 1 unspecified atom stereocenters. The molecule has 0 amide bonds. The summed E-state index contributed by atoms with van der Waals surface area (Å²) in [7, 11) is 0. The van der Waals surface area contributed by atoms with Crippen molar-refractivity contribution in [1.29, 1.82) is 0 Å². The van der Waals surface area contributed by atoms with Crippen LogP contribution in [-0.2, 0) is 14.2 Å². The van der Waals surface area contributed by atoms with Crippen LogP contribution in [0.1, 0.15) is 65.2 Å². The van der Waals surface area contributed by atoms with Crippen LogP contribution in [0, 0.1) is 0 Å². The second-order valence-corrected chi connectivity index (χ2v) is 4.96. The van der Waals surface area contributed by atoms with E-state index in [2.05, 4.69) is 13.8 Å². The molecule has 0 spiro atoms.